The highest BCUT2D eigenvalue weighted by molar-refractivity contribution is 7.92. The summed E-state index contributed by atoms with van der Waals surface area (Å²) >= 11 is 12.3. The molecule has 0 aliphatic heterocycles. The van der Waals surface area contributed by atoms with Crippen LogP contribution in [0.3, 0.4) is 0 Å². The number of rotatable bonds is 13. The summed E-state index contributed by atoms with van der Waals surface area (Å²) in [5.74, 6) is -3.01. The van der Waals surface area contributed by atoms with Crippen molar-refractivity contribution in [3.8, 4) is 0 Å². The number of halogens is 4. The zero-order valence-electron chi connectivity index (χ0n) is 20.9. The van der Waals surface area contributed by atoms with Gasteiger partial charge in [0.2, 0.25) is 21.8 Å². The first-order valence-corrected chi connectivity index (χ1v) is 14.4. The van der Waals surface area contributed by atoms with Crippen LogP contribution in [0.2, 0.25) is 10.0 Å². The molecule has 7 nitrogen and oxygen atoms in total. The number of benzene rings is 2. The SMILES string of the molecule is CCCCNC(=O)C(C)N(Cc1ccc(Cl)cc1Cl)C(=O)CCCN(c1ccc(F)c(F)c1)S(C)(=O)=O. The van der Waals surface area contributed by atoms with Gasteiger partial charge in [-0.3, -0.25) is 13.9 Å². The number of carbonyl (C=O) groups is 2. The van der Waals surface area contributed by atoms with E-state index in [2.05, 4.69) is 5.32 Å². The van der Waals surface area contributed by atoms with Crippen molar-refractivity contribution >= 4 is 50.7 Å². The standard InChI is InChI=1S/C25H31Cl2F2N3O4S/c1-4-5-12-30-25(34)17(2)31(16-18-8-9-19(26)14-21(18)27)24(33)7-6-13-32(37(3,35)36)20-10-11-22(28)23(29)15-20/h8-11,14-15,17H,4-7,12-13,16H2,1-3H3,(H,30,34). The van der Waals surface area contributed by atoms with Gasteiger partial charge in [0.1, 0.15) is 6.04 Å². The van der Waals surface area contributed by atoms with E-state index in [1.54, 1.807) is 25.1 Å². The second kappa shape index (κ2) is 13.9. The first-order valence-electron chi connectivity index (χ1n) is 11.8. The number of nitrogens with zero attached hydrogens (tertiary/aromatic N) is 2. The summed E-state index contributed by atoms with van der Waals surface area (Å²) in [5, 5.41) is 3.58. The van der Waals surface area contributed by atoms with Crippen molar-refractivity contribution in [2.45, 2.75) is 52.1 Å². The van der Waals surface area contributed by atoms with Gasteiger partial charge in [0.15, 0.2) is 11.6 Å². The zero-order valence-corrected chi connectivity index (χ0v) is 23.3. The third-order valence-corrected chi connectivity index (χ3v) is 7.48. The van der Waals surface area contributed by atoms with Gasteiger partial charge in [-0.2, -0.15) is 0 Å². The van der Waals surface area contributed by atoms with E-state index in [1.165, 1.54) is 4.90 Å². The van der Waals surface area contributed by atoms with Crippen LogP contribution in [0, 0.1) is 11.6 Å². The van der Waals surface area contributed by atoms with Crippen molar-refractivity contribution in [3.63, 3.8) is 0 Å². The minimum Gasteiger partial charge on any atom is -0.354 e. The predicted molar refractivity (Wildman–Crippen MR) is 142 cm³/mol. The maximum atomic E-state index is 13.7. The number of amides is 2. The average molecular weight is 579 g/mol. The fraction of sp³-hybridized carbons (Fsp3) is 0.440. The lowest BCUT2D eigenvalue weighted by Gasteiger charge is -2.30. The van der Waals surface area contributed by atoms with Crippen LogP contribution < -0.4 is 9.62 Å². The molecule has 0 radical (unpaired) electrons. The molecule has 0 aromatic heterocycles. The Kier molecular flexibility index (Phi) is 11.6. The van der Waals surface area contributed by atoms with Gasteiger partial charge in [-0.15, -0.1) is 0 Å². The fourth-order valence-corrected chi connectivity index (χ4v) is 5.02. The fourth-order valence-electron chi connectivity index (χ4n) is 3.60. The summed E-state index contributed by atoms with van der Waals surface area (Å²) in [6.07, 6.45) is 2.59. The molecule has 12 heteroatoms. The Morgan fingerprint density at radius 3 is 2.35 bits per heavy atom. The summed E-state index contributed by atoms with van der Waals surface area (Å²) in [4.78, 5) is 27.4. The van der Waals surface area contributed by atoms with E-state index < -0.39 is 33.6 Å². The molecule has 2 amide bonds. The molecule has 1 unspecified atom stereocenters. The van der Waals surface area contributed by atoms with E-state index in [4.69, 9.17) is 23.2 Å². The van der Waals surface area contributed by atoms with Crippen LogP contribution in [0.15, 0.2) is 36.4 Å². The highest BCUT2D eigenvalue weighted by Gasteiger charge is 2.27. The van der Waals surface area contributed by atoms with Gasteiger partial charge >= 0.3 is 0 Å². The van der Waals surface area contributed by atoms with Gasteiger partial charge in [0.25, 0.3) is 0 Å². The molecule has 0 fully saturated rings. The third-order valence-electron chi connectivity index (χ3n) is 5.70. The van der Waals surface area contributed by atoms with E-state index in [1.807, 2.05) is 6.92 Å². The topological polar surface area (TPSA) is 86.8 Å². The van der Waals surface area contributed by atoms with Crippen LogP contribution in [0.1, 0.15) is 45.1 Å². The van der Waals surface area contributed by atoms with Crippen LogP contribution in [0.4, 0.5) is 14.5 Å². The summed E-state index contributed by atoms with van der Waals surface area (Å²) in [5.41, 5.74) is 0.537. The minimum absolute atomic E-state index is 0.0379. The number of nitrogens with one attached hydrogen (secondary N) is 1. The number of carbonyl (C=O) groups excluding carboxylic acids is 2. The second-order valence-electron chi connectivity index (χ2n) is 8.62. The predicted octanol–water partition coefficient (Wildman–Crippen LogP) is 5.15. The number of unbranched alkanes of at least 4 members (excludes halogenated alkanes) is 1. The summed E-state index contributed by atoms with van der Waals surface area (Å²) in [7, 11) is -3.84. The molecular formula is C25H31Cl2F2N3O4S. The lowest BCUT2D eigenvalue weighted by Crippen LogP contribution is -2.48. The van der Waals surface area contributed by atoms with Gasteiger partial charge in [-0.05, 0) is 49.6 Å². The quantitative estimate of drug-likeness (QED) is 0.333. The highest BCUT2D eigenvalue weighted by Crippen LogP contribution is 2.24. The van der Waals surface area contributed by atoms with Gasteiger partial charge in [-0.1, -0.05) is 42.6 Å². The van der Waals surface area contributed by atoms with Gasteiger partial charge < -0.3 is 10.2 Å². The molecule has 0 aliphatic carbocycles. The van der Waals surface area contributed by atoms with Crippen molar-refractivity contribution in [3.05, 3.63) is 63.6 Å². The van der Waals surface area contributed by atoms with E-state index in [0.717, 1.165) is 41.6 Å². The molecule has 1 N–H and O–H groups in total. The Bertz CT molecular complexity index is 1210. The van der Waals surface area contributed by atoms with Crippen LogP contribution in [-0.2, 0) is 26.2 Å². The number of hydrogen-bond donors (Lipinski definition) is 1. The molecular weight excluding hydrogens is 547 g/mol. The Morgan fingerprint density at radius 2 is 1.76 bits per heavy atom. The number of anilines is 1. The van der Waals surface area contributed by atoms with E-state index in [9.17, 15) is 26.8 Å². The highest BCUT2D eigenvalue weighted by atomic mass is 35.5. The average Bonchev–Trinajstić information content (AvgIpc) is 2.82. The Morgan fingerprint density at radius 1 is 1.05 bits per heavy atom. The van der Waals surface area contributed by atoms with E-state index >= 15 is 0 Å². The smallest absolute Gasteiger partial charge is 0.242 e. The van der Waals surface area contributed by atoms with E-state index in [-0.39, 0.29) is 37.5 Å². The monoisotopic (exact) mass is 577 g/mol. The molecule has 0 saturated heterocycles. The molecule has 0 saturated carbocycles. The molecule has 1 atom stereocenters. The molecule has 0 aliphatic rings. The van der Waals surface area contributed by atoms with Crippen molar-refractivity contribution in [2.24, 2.45) is 0 Å². The van der Waals surface area contributed by atoms with Crippen molar-refractivity contribution in [2.75, 3.05) is 23.7 Å². The lowest BCUT2D eigenvalue weighted by atomic mass is 10.1. The Labute approximate surface area is 226 Å². The molecule has 0 spiro atoms. The summed E-state index contributed by atoms with van der Waals surface area (Å²) in [6, 6.07) is 6.79. The van der Waals surface area contributed by atoms with Gasteiger partial charge in [-0.25, -0.2) is 17.2 Å². The Hall–Kier alpha value is -2.43. The summed E-state index contributed by atoms with van der Waals surface area (Å²) < 4.78 is 52.6. The minimum atomic E-state index is -3.84. The number of hydrogen-bond acceptors (Lipinski definition) is 4. The van der Waals surface area contributed by atoms with Crippen molar-refractivity contribution in [1.29, 1.82) is 0 Å². The van der Waals surface area contributed by atoms with Crippen LogP contribution >= 0.6 is 23.2 Å². The van der Waals surface area contributed by atoms with Crippen LogP contribution in [0.5, 0.6) is 0 Å². The first-order chi connectivity index (χ1) is 17.3. The van der Waals surface area contributed by atoms with Gasteiger partial charge in [0.05, 0.1) is 11.9 Å². The van der Waals surface area contributed by atoms with Gasteiger partial charge in [0, 0.05) is 42.2 Å². The summed E-state index contributed by atoms with van der Waals surface area (Å²) in [6.45, 7) is 3.96. The lowest BCUT2D eigenvalue weighted by molar-refractivity contribution is -0.140. The first kappa shape index (κ1) is 30.8. The second-order valence-corrected chi connectivity index (χ2v) is 11.4. The van der Waals surface area contributed by atoms with Crippen molar-refractivity contribution < 1.29 is 26.8 Å². The third kappa shape index (κ3) is 9.12. The number of sulfonamides is 1. The van der Waals surface area contributed by atoms with Crippen LogP contribution in [0.25, 0.3) is 0 Å². The van der Waals surface area contributed by atoms with Crippen LogP contribution in [-0.4, -0.2) is 50.5 Å². The normalized spacial score (nSPS) is 12.2. The largest absolute Gasteiger partial charge is 0.354 e. The molecule has 2 rings (SSSR count). The van der Waals surface area contributed by atoms with E-state index in [0.29, 0.717) is 22.2 Å². The molecule has 37 heavy (non-hydrogen) atoms. The molecule has 2 aromatic carbocycles. The zero-order chi connectivity index (χ0) is 27.8. The molecule has 204 valence electrons. The Balaban J connectivity index is 2.20. The maximum Gasteiger partial charge on any atom is 0.242 e. The molecule has 2 aromatic rings. The maximum absolute atomic E-state index is 13.7. The molecule has 0 heterocycles. The van der Waals surface area contributed by atoms with Crippen molar-refractivity contribution in [1.82, 2.24) is 10.2 Å². The molecule has 0 bridgehead atoms.